The van der Waals surface area contributed by atoms with Gasteiger partial charge in [-0.3, -0.25) is 4.79 Å². The van der Waals surface area contributed by atoms with Crippen LogP contribution in [0.1, 0.15) is 71.6 Å². The van der Waals surface area contributed by atoms with Crippen molar-refractivity contribution in [2.45, 2.75) is 96.1 Å². The van der Waals surface area contributed by atoms with Gasteiger partial charge >= 0.3 is 0 Å². The minimum atomic E-state index is -1.11. The third-order valence-corrected chi connectivity index (χ3v) is 5.90. The fourth-order valence-electron chi connectivity index (χ4n) is 4.28. The maximum Gasteiger partial charge on any atom is 0.161 e. The van der Waals surface area contributed by atoms with Crippen LogP contribution in [-0.2, 0) is 9.53 Å². The van der Waals surface area contributed by atoms with Gasteiger partial charge in [-0.2, -0.15) is 0 Å². The molecule has 0 saturated carbocycles. The number of Topliss-reactive ketones (excluding diaryl/α,β-unsaturated/α-hetero) is 1. The number of allylic oxidation sites excluding steroid dienone is 1. The van der Waals surface area contributed by atoms with Gasteiger partial charge in [-0.05, 0) is 24.7 Å². The van der Waals surface area contributed by atoms with Crippen molar-refractivity contribution < 1.29 is 24.9 Å². The van der Waals surface area contributed by atoms with Crippen LogP contribution < -0.4 is 0 Å². The van der Waals surface area contributed by atoms with Crippen molar-refractivity contribution in [3.8, 4) is 0 Å². The van der Waals surface area contributed by atoms with Crippen LogP contribution in [-0.4, -0.2) is 52.1 Å². The molecule has 1 aliphatic carbocycles. The Bertz CT molecular complexity index is 475. The summed E-state index contributed by atoms with van der Waals surface area (Å²) < 4.78 is 5.77. The van der Waals surface area contributed by atoms with Crippen molar-refractivity contribution >= 4 is 5.78 Å². The van der Waals surface area contributed by atoms with Crippen LogP contribution in [0.15, 0.2) is 11.6 Å². The highest BCUT2D eigenvalue weighted by molar-refractivity contribution is 5.97. The van der Waals surface area contributed by atoms with Crippen molar-refractivity contribution in [1.29, 1.82) is 0 Å². The minimum Gasteiger partial charge on any atom is -0.394 e. The van der Waals surface area contributed by atoms with E-state index < -0.39 is 24.4 Å². The Balaban J connectivity index is 2.18. The lowest BCUT2D eigenvalue weighted by atomic mass is 9.73. The summed E-state index contributed by atoms with van der Waals surface area (Å²) in [6.07, 6.45) is 7.08. The topological polar surface area (TPSA) is 87.0 Å². The number of unbranched alkanes of at least 4 members (excludes halogenated alkanes) is 3. The summed E-state index contributed by atoms with van der Waals surface area (Å²) in [5.74, 6) is 0.708. The highest BCUT2D eigenvalue weighted by Gasteiger charge is 2.42. The Labute approximate surface area is 157 Å². The predicted molar refractivity (Wildman–Crippen MR) is 101 cm³/mol. The first-order valence-electron chi connectivity index (χ1n) is 10.4. The van der Waals surface area contributed by atoms with E-state index in [-0.39, 0.29) is 18.8 Å². The van der Waals surface area contributed by atoms with Crippen LogP contribution in [0.4, 0.5) is 0 Å². The fraction of sp³-hybridized carbons (Fsp3) is 0.857. The van der Waals surface area contributed by atoms with Gasteiger partial charge in [0.25, 0.3) is 0 Å². The number of carbonyl (C=O) groups excluding carboxylic acids is 1. The lowest BCUT2D eigenvalue weighted by Crippen LogP contribution is -2.51. The van der Waals surface area contributed by atoms with Gasteiger partial charge in [-0.25, -0.2) is 0 Å². The second kappa shape index (κ2) is 10.5. The predicted octanol–water partition coefficient (Wildman–Crippen LogP) is 2.76. The van der Waals surface area contributed by atoms with Gasteiger partial charge in [0.15, 0.2) is 5.78 Å². The van der Waals surface area contributed by atoms with Crippen molar-refractivity contribution in [2.75, 3.05) is 6.61 Å². The Morgan fingerprint density at radius 2 is 1.85 bits per heavy atom. The highest BCUT2D eigenvalue weighted by atomic mass is 16.5. The molecule has 1 fully saturated rings. The van der Waals surface area contributed by atoms with Gasteiger partial charge < -0.3 is 20.1 Å². The van der Waals surface area contributed by atoms with E-state index >= 15 is 0 Å². The lowest BCUT2D eigenvalue weighted by molar-refractivity contribution is -0.166. The molecule has 0 amide bonds. The zero-order valence-electron chi connectivity index (χ0n) is 16.3. The number of hydrogen-bond donors (Lipinski definition) is 3. The SMILES string of the molecule is CCCCCC1CC(=O)C(C2OC(CO)CC(O)C2O)=CC1CCCC. The largest absolute Gasteiger partial charge is 0.394 e. The average molecular weight is 369 g/mol. The Hall–Kier alpha value is -0.750. The fourth-order valence-corrected chi connectivity index (χ4v) is 4.28. The lowest BCUT2D eigenvalue weighted by Gasteiger charge is -2.40. The molecule has 150 valence electrons. The molecule has 0 spiro atoms. The summed E-state index contributed by atoms with van der Waals surface area (Å²) >= 11 is 0. The molecule has 6 atom stereocenters. The molecular weight excluding hydrogens is 332 g/mol. The van der Waals surface area contributed by atoms with Crippen LogP contribution in [0.5, 0.6) is 0 Å². The Kier molecular flexibility index (Phi) is 8.74. The summed E-state index contributed by atoms with van der Waals surface area (Å²) in [6.45, 7) is 4.13. The first-order chi connectivity index (χ1) is 12.5. The molecule has 0 bridgehead atoms. The monoisotopic (exact) mass is 368 g/mol. The van der Waals surface area contributed by atoms with Crippen LogP contribution in [0.2, 0.25) is 0 Å². The second-order valence-corrected chi connectivity index (χ2v) is 7.97. The molecule has 1 aliphatic heterocycles. The number of aliphatic hydroxyl groups excluding tert-OH is 3. The maximum atomic E-state index is 12.8. The molecule has 0 aromatic rings. The molecule has 0 aromatic carbocycles. The highest BCUT2D eigenvalue weighted by Crippen LogP contribution is 2.37. The summed E-state index contributed by atoms with van der Waals surface area (Å²) in [7, 11) is 0. The van der Waals surface area contributed by atoms with Crippen molar-refractivity contribution in [2.24, 2.45) is 11.8 Å². The van der Waals surface area contributed by atoms with Crippen LogP contribution in [0.25, 0.3) is 0 Å². The normalized spacial score (nSPS) is 35.4. The summed E-state index contributed by atoms with van der Waals surface area (Å²) in [6, 6.07) is 0. The van der Waals surface area contributed by atoms with E-state index in [1.807, 2.05) is 6.08 Å². The zero-order chi connectivity index (χ0) is 19.1. The molecule has 26 heavy (non-hydrogen) atoms. The molecule has 0 aromatic heterocycles. The van der Waals surface area contributed by atoms with Gasteiger partial charge in [0.2, 0.25) is 0 Å². The van der Waals surface area contributed by atoms with Gasteiger partial charge in [0, 0.05) is 18.4 Å². The number of ketones is 1. The zero-order valence-corrected chi connectivity index (χ0v) is 16.3. The Morgan fingerprint density at radius 1 is 1.12 bits per heavy atom. The standard InChI is InChI=1S/C21H36O5/c1-3-5-7-9-15-11-18(23)17(10-14(15)8-6-4-2)21-20(25)19(24)12-16(13-22)26-21/h10,14-16,19-22,24-25H,3-9,11-13H2,1-2H3. The summed E-state index contributed by atoms with van der Waals surface area (Å²) in [4.78, 5) is 12.8. The van der Waals surface area contributed by atoms with E-state index in [1.54, 1.807) is 0 Å². The van der Waals surface area contributed by atoms with Crippen LogP contribution in [0.3, 0.4) is 0 Å². The number of ether oxygens (including phenoxy) is 1. The minimum absolute atomic E-state index is 0.0223. The van der Waals surface area contributed by atoms with E-state index in [0.29, 0.717) is 23.8 Å². The third kappa shape index (κ3) is 5.38. The van der Waals surface area contributed by atoms with E-state index in [1.165, 1.54) is 12.8 Å². The maximum absolute atomic E-state index is 12.8. The number of aliphatic hydroxyl groups is 3. The molecule has 2 aliphatic rings. The van der Waals surface area contributed by atoms with Gasteiger partial charge in [0.05, 0.1) is 18.8 Å². The quantitative estimate of drug-likeness (QED) is 0.545. The molecule has 5 heteroatoms. The number of hydrogen-bond acceptors (Lipinski definition) is 5. The van der Waals surface area contributed by atoms with E-state index in [0.717, 1.165) is 32.1 Å². The molecule has 5 nitrogen and oxygen atoms in total. The average Bonchev–Trinajstić information content (AvgIpc) is 2.63. The summed E-state index contributed by atoms with van der Waals surface area (Å²) in [5, 5.41) is 29.8. The molecule has 0 radical (unpaired) electrons. The molecule has 3 N–H and O–H groups in total. The molecule has 1 heterocycles. The molecular formula is C21H36O5. The molecule has 2 rings (SSSR count). The second-order valence-electron chi connectivity index (χ2n) is 7.97. The van der Waals surface area contributed by atoms with Gasteiger partial charge in [0.1, 0.15) is 12.2 Å². The third-order valence-electron chi connectivity index (χ3n) is 5.90. The first kappa shape index (κ1) is 21.5. The van der Waals surface area contributed by atoms with Gasteiger partial charge in [-0.1, -0.05) is 52.0 Å². The summed E-state index contributed by atoms with van der Waals surface area (Å²) in [5.41, 5.74) is 0.502. The van der Waals surface area contributed by atoms with Crippen LogP contribution >= 0.6 is 0 Å². The van der Waals surface area contributed by atoms with Crippen molar-refractivity contribution in [3.05, 3.63) is 11.6 Å². The smallest absolute Gasteiger partial charge is 0.161 e. The van der Waals surface area contributed by atoms with Crippen molar-refractivity contribution in [3.63, 3.8) is 0 Å². The first-order valence-corrected chi connectivity index (χ1v) is 10.4. The van der Waals surface area contributed by atoms with E-state index in [9.17, 15) is 20.1 Å². The van der Waals surface area contributed by atoms with E-state index in [4.69, 9.17) is 4.74 Å². The molecule has 6 unspecified atom stereocenters. The van der Waals surface area contributed by atoms with Gasteiger partial charge in [-0.15, -0.1) is 0 Å². The van der Waals surface area contributed by atoms with Crippen molar-refractivity contribution in [1.82, 2.24) is 0 Å². The molecule has 1 saturated heterocycles. The van der Waals surface area contributed by atoms with E-state index in [2.05, 4.69) is 13.8 Å². The number of rotatable bonds is 9. The van der Waals surface area contributed by atoms with Crippen LogP contribution in [0, 0.1) is 11.8 Å². The Morgan fingerprint density at radius 3 is 2.50 bits per heavy atom. The number of carbonyl (C=O) groups is 1.